The van der Waals surface area contributed by atoms with E-state index in [-0.39, 0.29) is 31.1 Å². The van der Waals surface area contributed by atoms with Gasteiger partial charge in [-0.25, -0.2) is 0 Å². The zero-order valence-corrected chi connectivity index (χ0v) is 42.9. The van der Waals surface area contributed by atoms with Crippen LogP contribution >= 0.6 is 0 Å². The van der Waals surface area contributed by atoms with E-state index < -0.39 is 6.10 Å². The van der Waals surface area contributed by atoms with Crippen molar-refractivity contribution in [1.82, 2.24) is 0 Å². The number of hydrogen-bond acceptors (Lipinski definition) is 6. The second-order valence-electron chi connectivity index (χ2n) is 17.9. The predicted molar refractivity (Wildman–Crippen MR) is 284 cm³/mol. The number of esters is 3. The van der Waals surface area contributed by atoms with Gasteiger partial charge in [0.1, 0.15) is 13.2 Å². The Balaban J connectivity index is 4.47. The average molecular weight is 917 g/mol. The summed E-state index contributed by atoms with van der Waals surface area (Å²) < 4.78 is 16.8. The van der Waals surface area contributed by atoms with Gasteiger partial charge in [0.25, 0.3) is 0 Å². The van der Waals surface area contributed by atoms with Crippen molar-refractivity contribution < 1.29 is 28.6 Å². The minimum atomic E-state index is -0.805. The van der Waals surface area contributed by atoms with Crippen LogP contribution in [0.1, 0.15) is 245 Å². The summed E-state index contributed by atoms with van der Waals surface area (Å²) in [6.07, 6.45) is 71.1. The Morgan fingerprint density at radius 1 is 0.333 bits per heavy atom. The molecule has 0 aliphatic rings. The number of carbonyl (C=O) groups excluding carboxylic acids is 3. The van der Waals surface area contributed by atoms with E-state index in [4.69, 9.17) is 14.2 Å². The molecule has 0 radical (unpaired) electrons. The quantitative estimate of drug-likeness (QED) is 0.0199. The molecular formula is C60H100O6. The molecule has 0 saturated heterocycles. The first kappa shape index (κ1) is 62.3. The summed E-state index contributed by atoms with van der Waals surface area (Å²) in [5, 5.41) is 0. The fourth-order valence-electron chi connectivity index (χ4n) is 7.30. The molecule has 0 bridgehead atoms. The van der Waals surface area contributed by atoms with Crippen molar-refractivity contribution in [2.45, 2.75) is 252 Å². The number of carbonyl (C=O) groups is 3. The molecule has 0 aliphatic carbocycles. The number of rotatable bonds is 48. The van der Waals surface area contributed by atoms with Crippen LogP contribution in [-0.2, 0) is 28.6 Å². The van der Waals surface area contributed by atoms with Crippen molar-refractivity contribution in [3.05, 3.63) is 97.2 Å². The maximum Gasteiger partial charge on any atom is 0.306 e. The number of allylic oxidation sites excluding steroid dienone is 16. The maximum absolute atomic E-state index is 12.8. The summed E-state index contributed by atoms with van der Waals surface area (Å²) in [6.45, 7) is 6.41. The Morgan fingerprint density at radius 3 is 1.11 bits per heavy atom. The smallest absolute Gasteiger partial charge is 0.306 e. The van der Waals surface area contributed by atoms with Crippen LogP contribution < -0.4 is 0 Å². The minimum Gasteiger partial charge on any atom is -0.462 e. The van der Waals surface area contributed by atoms with Crippen molar-refractivity contribution in [1.29, 1.82) is 0 Å². The summed E-state index contributed by atoms with van der Waals surface area (Å²) in [7, 11) is 0. The zero-order chi connectivity index (χ0) is 47.9. The number of unbranched alkanes of at least 4 members (excludes halogenated alkanes) is 25. The Morgan fingerprint density at radius 2 is 0.652 bits per heavy atom. The molecule has 0 heterocycles. The maximum atomic E-state index is 12.8. The molecule has 0 fully saturated rings. The first-order valence-corrected chi connectivity index (χ1v) is 27.3. The summed E-state index contributed by atoms with van der Waals surface area (Å²) in [4.78, 5) is 38.1. The normalized spacial score (nSPS) is 12.8. The molecule has 0 rings (SSSR count). The van der Waals surface area contributed by atoms with E-state index in [0.717, 1.165) is 103 Å². The summed E-state index contributed by atoms with van der Waals surface area (Å²) in [5.41, 5.74) is 0. The van der Waals surface area contributed by atoms with Crippen LogP contribution in [0.25, 0.3) is 0 Å². The third-order valence-corrected chi connectivity index (χ3v) is 11.4. The molecule has 0 saturated carbocycles. The highest BCUT2D eigenvalue weighted by molar-refractivity contribution is 5.71. The summed E-state index contributed by atoms with van der Waals surface area (Å²) >= 11 is 0. The zero-order valence-electron chi connectivity index (χ0n) is 42.9. The molecule has 0 N–H and O–H groups in total. The van der Waals surface area contributed by atoms with Crippen LogP contribution in [0.4, 0.5) is 0 Å². The van der Waals surface area contributed by atoms with Crippen LogP contribution in [-0.4, -0.2) is 37.2 Å². The van der Waals surface area contributed by atoms with E-state index in [1.807, 2.05) is 36.5 Å². The van der Waals surface area contributed by atoms with Crippen LogP contribution in [0.2, 0.25) is 0 Å². The van der Waals surface area contributed by atoms with Crippen molar-refractivity contribution in [3.63, 3.8) is 0 Å². The molecule has 0 aromatic rings. The van der Waals surface area contributed by atoms with Crippen LogP contribution in [0.5, 0.6) is 0 Å². The lowest BCUT2D eigenvalue weighted by Crippen LogP contribution is -2.30. The topological polar surface area (TPSA) is 78.9 Å². The SMILES string of the molecule is CC\C=C/C=C\C=C/C=C\CCCCCC(=O)OCC(COC(=O)CCCCCCC/C=C\C=C/CCCCCCCCC)OC(=O)CCCCCCCCC/C=C\C/C=C\CCCCC. The van der Waals surface area contributed by atoms with Gasteiger partial charge < -0.3 is 14.2 Å². The molecule has 376 valence electrons. The molecule has 1 atom stereocenters. The molecule has 0 amide bonds. The van der Waals surface area contributed by atoms with E-state index in [9.17, 15) is 14.4 Å². The highest BCUT2D eigenvalue weighted by atomic mass is 16.6. The van der Waals surface area contributed by atoms with Gasteiger partial charge in [0.05, 0.1) is 0 Å². The highest BCUT2D eigenvalue weighted by Gasteiger charge is 2.19. The fourth-order valence-corrected chi connectivity index (χ4v) is 7.30. The molecule has 0 aliphatic heterocycles. The second-order valence-corrected chi connectivity index (χ2v) is 17.9. The summed E-state index contributed by atoms with van der Waals surface area (Å²) in [5.74, 6) is -0.965. The lowest BCUT2D eigenvalue weighted by Gasteiger charge is -2.18. The van der Waals surface area contributed by atoms with Gasteiger partial charge in [0.15, 0.2) is 6.10 Å². The van der Waals surface area contributed by atoms with Gasteiger partial charge in [0.2, 0.25) is 0 Å². The van der Waals surface area contributed by atoms with Gasteiger partial charge in [-0.05, 0) is 96.3 Å². The minimum absolute atomic E-state index is 0.103. The van der Waals surface area contributed by atoms with E-state index in [1.165, 1.54) is 103 Å². The third-order valence-electron chi connectivity index (χ3n) is 11.4. The van der Waals surface area contributed by atoms with E-state index in [2.05, 4.69) is 81.5 Å². The predicted octanol–water partition coefficient (Wildman–Crippen LogP) is 18.1. The summed E-state index contributed by atoms with van der Waals surface area (Å²) in [6, 6.07) is 0. The van der Waals surface area contributed by atoms with Gasteiger partial charge in [-0.2, -0.15) is 0 Å². The van der Waals surface area contributed by atoms with Gasteiger partial charge in [-0.15, -0.1) is 0 Å². The standard InChI is InChI=1S/C60H100O6/c1-4-7-10-13-16-19-22-25-27-29-31-32-35-38-41-44-47-50-53-59(62)65-56-57(55-64-58(61)52-49-46-43-40-37-34-24-21-18-15-12-9-6-3)66-60(63)54-51-48-45-42-39-36-33-30-28-26-23-20-17-14-11-8-5-2/h9,12,15,17-18,20-21,24,26-29,31-32,34,37,57H,4-8,10-11,13-14,16,19,22-23,25,30,33,35-36,38-56H2,1-3H3/b12-9-,18-15-,20-17-,24-21-,28-26-,29-27-,32-31-,37-34-. The van der Waals surface area contributed by atoms with E-state index in [1.54, 1.807) is 0 Å². The number of ether oxygens (including phenoxy) is 3. The highest BCUT2D eigenvalue weighted by Crippen LogP contribution is 2.14. The van der Waals surface area contributed by atoms with Crippen LogP contribution in [0.15, 0.2) is 97.2 Å². The third kappa shape index (κ3) is 51.3. The van der Waals surface area contributed by atoms with E-state index in [0.29, 0.717) is 19.3 Å². The Labute approximate surface area is 407 Å². The molecule has 6 heteroatoms. The largest absolute Gasteiger partial charge is 0.462 e. The van der Waals surface area contributed by atoms with Crippen molar-refractivity contribution in [3.8, 4) is 0 Å². The van der Waals surface area contributed by atoms with Crippen molar-refractivity contribution in [2.24, 2.45) is 0 Å². The van der Waals surface area contributed by atoms with E-state index >= 15 is 0 Å². The van der Waals surface area contributed by atoms with Gasteiger partial charge in [-0.3, -0.25) is 14.4 Å². The molecule has 0 spiro atoms. The molecule has 0 aromatic carbocycles. The Kier molecular flexibility index (Phi) is 50.9. The lowest BCUT2D eigenvalue weighted by molar-refractivity contribution is -0.167. The fraction of sp³-hybridized carbons (Fsp3) is 0.683. The van der Waals surface area contributed by atoms with Gasteiger partial charge in [-0.1, -0.05) is 227 Å². The van der Waals surface area contributed by atoms with Gasteiger partial charge in [0, 0.05) is 19.3 Å². The first-order chi connectivity index (χ1) is 32.5. The van der Waals surface area contributed by atoms with Gasteiger partial charge >= 0.3 is 17.9 Å². The Bertz CT molecular complexity index is 1330. The van der Waals surface area contributed by atoms with Crippen LogP contribution in [0, 0.1) is 0 Å². The second kappa shape index (κ2) is 53.9. The first-order valence-electron chi connectivity index (χ1n) is 27.3. The van der Waals surface area contributed by atoms with Crippen molar-refractivity contribution in [2.75, 3.05) is 13.2 Å². The molecule has 66 heavy (non-hydrogen) atoms. The molecule has 0 aromatic heterocycles. The average Bonchev–Trinajstić information content (AvgIpc) is 3.31. The Hall–Kier alpha value is -3.67. The molecule has 6 nitrogen and oxygen atoms in total. The molecule has 1 unspecified atom stereocenters. The monoisotopic (exact) mass is 917 g/mol. The van der Waals surface area contributed by atoms with Crippen molar-refractivity contribution >= 4 is 17.9 Å². The molecular weight excluding hydrogens is 817 g/mol. The number of hydrogen-bond donors (Lipinski definition) is 0. The lowest BCUT2D eigenvalue weighted by atomic mass is 10.1. The van der Waals surface area contributed by atoms with Crippen LogP contribution in [0.3, 0.4) is 0 Å².